The summed E-state index contributed by atoms with van der Waals surface area (Å²) in [6.45, 7) is -0.164. The van der Waals surface area contributed by atoms with Gasteiger partial charge in [-0.2, -0.15) is 0 Å². The average Bonchev–Trinajstić information content (AvgIpc) is 2.63. The SMILES string of the molecule is Nc1cnc(CN2C(=O)c3ccccc3S2(=O)=O)cn1. The van der Waals surface area contributed by atoms with Gasteiger partial charge < -0.3 is 5.73 Å². The van der Waals surface area contributed by atoms with E-state index in [4.69, 9.17) is 5.73 Å². The molecule has 0 saturated carbocycles. The zero-order valence-electron chi connectivity index (χ0n) is 10.2. The van der Waals surface area contributed by atoms with Gasteiger partial charge in [0.2, 0.25) is 0 Å². The van der Waals surface area contributed by atoms with Gasteiger partial charge in [-0.1, -0.05) is 12.1 Å². The van der Waals surface area contributed by atoms with E-state index in [2.05, 4.69) is 9.97 Å². The highest BCUT2D eigenvalue weighted by Gasteiger charge is 2.40. The molecule has 1 aliphatic heterocycles. The Bertz CT molecular complexity index is 787. The van der Waals surface area contributed by atoms with Crippen LogP contribution in [-0.4, -0.2) is 28.6 Å². The van der Waals surface area contributed by atoms with Crippen molar-refractivity contribution in [1.29, 1.82) is 0 Å². The minimum Gasteiger partial charge on any atom is -0.382 e. The van der Waals surface area contributed by atoms with Gasteiger partial charge in [-0.15, -0.1) is 0 Å². The van der Waals surface area contributed by atoms with Crippen LogP contribution in [0, 0.1) is 0 Å². The second-order valence-electron chi connectivity index (χ2n) is 4.25. The third-order valence-corrected chi connectivity index (χ3v) is 4.73. The van der Waals surface area contributed by atoms with Crippen molar-refractivity contribution in [2.24, 2.45) is 0 Å². The summed E-state index contributed by atoms with van der Waals surface area (Å²) in [7, 11) is -3.82. The van der Waals surface area contributed by atoms with Crippen LogP contribution >= 0.6 is 0 Å². The van der Waals surface area contributed by atoms with E-state index in [1.54, 1.807) is 12.1 Å². The van der Waals surface area contributed by atoms with E-state index in [0.717, 1.165) is 4.31 Å². The highest BCUT2D eigenvalue weighted by molar-refractivity contribution is 7.90. The van der Waals surface area contributed by atoms with Gasteiger partial charge in [-0.05, 0) is 12.1 Å². The molecule has 102 valence electrons. The molecule has 7 nitrogen and oxygen atoms in total. The summed E-state index contributed by atoms with van der Waals surface area (Å²) in [4.78, 5) is 20.0. The van der Waals surface area contributed by atoms with Crippen molar-refractivity contribution in [3.8, 4) is 0 Å². The molecule has 3 rings (SSSR count). The summed E-state index contributed by atoms with van der Waals surface area (Å²) in [6, 6.07) is 6.11. The lowest BCUT2D eigenvalue weighted by molar-refractivity contribution is 0.0864. The number of rotatable bonds is 2. The van der Waals surface area contributed by atoms with Gasteiger partial charge in [0.05, 0.1) is 30.2 Å². The van der Waals surface area contributed by atoms with Crippen LogP contribution in [0.1, 0.15) is 16.1 Å². The number of aromatic nitrogens is 2. The Morgan fingerprint density at radius 3 is 2.55 bits per heavy atom. The van der Waals surface area contributed by atoms with Crippen molar-refractivity contribution in [1.82, 2.24) is 14.3 Å². The standard InChI is InChI=1S/C12H10N4O3S/c13-11-6-14-8(5-15-11)7-16-12(17)9-3-1-2-4-10(9)20(16,18)19/h1-6H,7H2,(H2,13,15). The number of amides is 1. The Kier molecular flexibility index (Phi) is 2.68. The van der Waals surface area contributed by atoms with Gasteiger partial charge in [-0.3, -0.25) is 9.78 Å². The fourth-order valence-electron chi connectivity index (χ4n) is 1.98. The summed E-state index contributed by atoms with van der Waals surface area (Å²) in [6.07, 6.45) is 2.66. The molecule has 1 aromatic carbocycles. The molecule has 1 amide bonds. The molecule has 0 fully saturated rings. The molecule has 0 radical (unpaired) electrons. The summed E-state index contributed by atoms with van der Waals surface area (Å²) < 4.78 is 25.4. The lowest BCUT2D eigenvalue weighted by Crippen LogP contribution is -2.29. The first-order chi connectivity index (χ1) is 9.50. The molecule has 20 heavy (non-hydrogen) atoms. The number of hydrogen-bond donors (Lipinski definition) is 1. The second-order valence-corrected chi connectivity index (χ2v) is 6.08. The molecule has 0 saturated heterocycles. The second kappa shape index (κ2) is 4.27. The molecule has 1 aliphatic rings. The van der Waals surface area contributed by atoms with Gasteiger partial charge in [0, 0.05) is 0 Å². The highest BCUT2D eigenvalue weighted by Crippen LogP contribution is 2.30. The summed E-state index contributed by atoms with van der Waals surface area (Å²) in [5, 5.41) is 0. The Morgan fingerprint density at radius 2 is 1.90 bits per heavy atom. The topological polar surface area (TPSA) is 106 Å². The van der Waals surface area contributed by atoms with Gasteiger partial charge in [0.25, 0.3) is 15.9 Å². The zero-order chi connectivity index (χ0) is 14.3. The minimum absolute atomic E-state index is 0.0217. The summed E-state index contributed by atoms with van der Waals surface area (Å²) in [5.41, 5.74) is 5.94. The number of carbonyl (C=O) groups excluding carboxylic acids is 1. The van der Waals surface area contributed by atoms with Crippen molar-refractivity contribution in [3.05, 3.63) is 47.9 Å². The Balaban J connectivity index is 2.00. The Hall–Kier alpha value is -2.48. The molecule has 8 heteroatoms. The Labute approximate surface area is 115 Å². The minimum atomic E-state index is -3.82. The molecule has 2 aromatic rings. The first kappa shape index (κ1) is 12.5. The number of benzene rings is 1. The molecule has 0 unspecified atom stereocenters. The van der Waals surface area contributed by atoms with E-state index in [1.165, 1.54) is 24.5 Å². The lowest BCUT2D eigenvalue weighted by atomic mass is 10.2. The average molecular weight is 290 g/mol. The first-order valence-corrected chi connectivity index (χ1v) is 7.16. The van der Waals surface area contributed by atoms with Crippen molar-refractivity contribution < 1.29 is 13.2 Å². The van der Waals surface area contributed by atoms with Crippen LogP contribution in [0.5, 0.6) is 0 Å². The predicted octanol–water partition coefficient (Wildman–Crippen LogP) is 0.404. The van der Waals surface area contributed by atoms with Crippen LogP contribution < -0.4 is 5.73 Å². The fraction of sp³-hybridized carbons (Fsp3) is 0.0833. The molecular weight excluding hydrogens is 280 g/mol. The largest absolute Gasteiger partial charge is 0.382 e. The van der Waals surface area contributed by atoms with Crippen LogP contribution in [0.15, 0.2) is 41.6 Å². The van der Waals surface area contributed by atoms with Crippen molar-refractivity contribution in [2.75, 3.05) is 5.73 Å². The van der Waals surface area contributed by atoms with Gasteiger partial charge >= 0.3 is 0 Å². The normalized spacial score (nSPS) is 16.2. The lowest BCUT2D eigenvalue weighted by Gasteiger charge is -2.14. The van der Waals surface area contributed by atoms with E-state index >= 15 is 0 Å². The molecular formula is C12H10N4O3S. The molecule has 0 atom stereocenters. The van der Waals surface area contributed by atoms with Crippen LogP contribution in [-0.2, 0) is 16.6 Å². The fourth-order valence-corrected chi connectivity index (χ4v) is 3.52. The van der Waals surface area contributed by atoms with E-state index in [0.29, 0.717) is 5.69 Å². The maximum atomic E-state index is 12.3. The number of fused-ring (bicyclic) bond motifs is 1. The number of hydrogen-bond acceptors (Lipinski definition) is 6. The molecule has 2 heterocycles. The summed E-state index contributed by atoms with van der Waals surface area (Å²) >= 11 is 0. The smallest absolute Gasteiger partial charge is 0.269 e. The number of carbonyl (C=O) groups is 1. The van der Waals surface area contributed by atoms with Crippen molar-refractivity contribution in [2.45, 2.75) is 11.4 Å². The monoisotopic (exact) mass is 290 g/mol. The molecule has 0 bridgehead atoms. The molecule has 1 aromatic heterocycles. The predicted molar refractivity (Wildman–Crippen MR) is 69.9 cm³/mol. The van der Waals surface area contributed by atoms with E-state index < -0.39 is 15.9 Å². The first-order valence-electron chi connectivity index (χ1n) is 5.72. The van der Waals surface area contributed by atoms with Crippen LogP contribution in [0.2, 0.25) is 0 Å². The van der Waals surface area contributed by atoms with E-state index in [9.17, 15) is 13.2 Å². The van der Waals surface area contributed by atoms with Crippen molar-refractivity contribution in [3.63, 3.8) is 0 Å². The van der Waals surface area contributed by atoms with Gasteiger partial charge in [0.1, 0.15) is 10.7 Å². The van der Waals surface area contributed by atoms with Crippen LogP contribution in [0.4, 0.5) is 5.82 Å². The molecule has 0 aliphatic carbocycles. The number of nitrogens with two attached hydrogens (primary N) is 1. The van der Waals surface area contributed by atoms with Crippen LogP contribution in [0.25, 0.3) is 0 Å². The number of anilines is 1. The third kappa shape index (κ3) is 1.81. The Morgan fingerprint density at radius 1 is 1.15 bits per heavy atom. The molecule has 2 N–H and O–H groups in total. The third-order valence-electron chi connectivity index (χ3n) is 2.94. The van der Waals surface area contributed by atoms with Gasteiger partial charge in [-0.25, -0.2) is 17.7 Å². The molecule has 0 spiro atoms. The van der Waals surface area contributed by atoms with E-state index in [1.807, 2.05) is 0 Å². The van der Waals surface area contributed by atoms with Gasteiger partial charge in [0.15, 0.2) is 0 Å². The maximum Gasteiger partial charge on any atom is 0.269 e. The number of sulfonamides is 1. The van der Waals surface area contributed by atoms with E-state index in [-0.39, 0.29) is 22.8 Å². The number of nitrogens with zero attached hydrogens (tertiary/aromatic N) is 3. The maximum absolute atomic E-state index is 12.3. The quantitative estimate of drug-likeness (QED) is 0.858. The van der Waals surface area contributed by atoms with Crippen molar-refractivity contribution >= 4 is 21.7 Å². The zero-order valence-corrected chi connectivity index (χ0v) is 11.0. The number of nitrogen functional groups attached to an aromatic ring is 1. The summed E-state index contributed by atoms with van der Waals surface area (Å²) in [5.74, 6) is -0.327. The van der Waals surface area contributed by atoms with Crippen LogP contribution in [0.3, 0.4) is 0 Å². The highest BCUT2D eigenvalue weighted by atomic mass is 32.2.